The zero-order valence-corrected chi connectivity index (χ0v) is 23.8. The normalized spacial score (nSPS) is 29.7. The van der Waals surface area contributed by atoms with Crippen molar-refractivity contribution in [3.63, 3.8) is 0 Å². The molecule has 218 valence electrons. The van der Waals surface area contributed by atoms with E-state index in [1.807, 2.05) is 36.4 Å². The van der Waals surface area contributed by atoms with Gasteiger partial charge in [-0.2, -0.15) is 5.06 Å². The standard InChI is InChI=1S/C33H27ClN2O7/c1-43-26-13-10-17(14-25(26)37)28-21-11-12-22-27(31(40)36(42)29(22)38)23(21)16-24-30(39)35(20-9-5-8-19(34)15-20)32(41)33(24,28)18-6-3-2-4-7-18/h2-11,13-15,22-24,27-28,37,42H,12,16H2,1H3/t22-,23+,24-,27-,28-,33+/m0/s1. The van der Waals surface area contributed by atoms with Crippen LogP contribution in [0.25, 0.3) is 0 Å². The number of amides is 4. The number of carbonyl (C=O) groups is 4. The van der Waals surface area contributed by atoms with Gasteiger partial charge in [-0.3, -0.25) is 24.4 Å². The quantitative estimate of drug-likeness (QED) is 0.255. The third kappa shape index (κ3) is 3.68. The molecule has 4 aliphatic rings. The van der Waals surface area contributed by atoms with E-state index < -0.39 is 58.6 Å². The number of hydrogen-bond donors (Lipinski definition) is 2. The van der Waals surface area contributed by atoms with Crippen molar-refractivity contribution in [2.24, 2.45) is 23.7 Å². The lowest BCUT2D eigenvalue weighted by Gasteiger charge is -2.50. The van der Waals surface area contributed by atoms with Gasteiger partial charge in [-0.1, -0.05) is 65.7 Å². The number of halogens is 1. The second-order valence-corrected chi connectivity index (χ2v) is 11.9. The van der Waals surface area contributed by atoms with E-state index in [-0.39, 0.29) is 29.4 Å². The Hall–Kier alpha value is -4.47. The van der Waals surface area contributed by atoms with E-state index in [0.717, 1.165) is 5.57 Å². The third-order valence-electron chi connectivity index (χ3n) is 9.68. The Balaban J connectivity index is 1.52. The fraction of sp³-hybridized carbons (Fsp3) is 0.273. The van der Waals surface area contributed by atoms with Crippen molar-refractivity contribution in [1.29, 1.82) is 0 Å². The van der Waals surface area contributed by atoms with Gasteiger partial charge in [-0.15, -0.1) is 0 Å². The van der Waals surface area contributed by atoms with Crippen molar-refractivity contribution >= 4 is 40.9 Å². The molecular weight excluding hydrogens is 572 g/mol. The average molecular weight is 599 g/mol. The molecule has 10 heteroatoms. The summed E-state index contributed by atoms with van der Waals surface area (Å²) < 4.78 is 5.29. The van der Waals surface area contributed by atoms with Crippen LogP contribution in [0, 0.1) is 23.7 Å². The molecule has 4 amide bonds. The van der Waals surface area contributed by atoms with E-state index in [0.29, 0.717) is 21.8 Å². The van der Waals surface area contributed by atoms with Crippen LogP contribution in [0.4, 0.5) is 5.69 Å². The Morgan fingerprint density at radius 3 is 2.37 bits per heavy atom. The monoisotopic (exact) mass is 598 g/mol. The molecule has 0 aromatic heterocycles. The van der Waals surface area contributed by atoms with Crippen molar-refractivity contribution in [2.75, 3.05) is 12.0 Å². The van der Waals surface area contributed by atoms with Gasteiger partial charge >= 0.3 is 0 Å². The number of aromatic hydroxyl groups is 1. The number of carbonyl (C=O) groups excluding carboxylic acids is 4. The van der Waals surface area contributed by atoms with Gasteiger partial charge in [0.1, 0.15) is 0 Å². The zero-order valence-electron chi connectivity index (χ0n) is 23.0. The molecule has 9 nitrogen and oxygen atoms in total. The minimum absolute atomic E-state index is 0.106. The number of anilines is 1. The minimum Gasteiger partial charge on any atom is -0.504 e. The SMILES string of the molecule is COc1ccc([C@H]2C3=CC[C@@H]4C(=O)N(O)C(=O)[C@@H]4[C@@H]3C[C@H]3C(=O)N(c4cccc(Cl)c4)C(=O)[C@@]23c2ccccc2)cc1O. The van der Waals surface area contributed by atoms with Crippen LogP contribution >= 0.6 is 11.6 Å². The molecule has 0 spiro atoms. The van der Waals surface area contributed by atoms with E-state index in [1.165, 1.54) is 18.1 Å². The highest BCUT2D eigenvalue weighted by Gasteiger charge is 2.70. The zero-order chi connectivity index (χ0) is 30.2. The number of hydroxylamine groups is 2. The Morgan fingerprint density at radius 1 is 0.907 bits per heavy atom. The molecule has 0 radical (unpaired) electrons. The molecular formula is C33H27ClN2O7. The fourth-order valence-electron chi connectivity index (χ4n) is 7.99. The largest absolute Gasteiger partial charge is 0.504 e. The first-order valence-electron chi connectivity index (χ1n) is 14.0. The number of rotatable bonds is 4. The highest BCUT2D eigenvalue weighted by atomic mass is 35.5. The van der Waals surface area contributed by atoms with Crippen molar-refractivity contribution < 1.29 is 34.2 Å². The van der Waals surface area contributed by atoms with Gasteiger partial charge in [0, 0.05) is 10.9 Å². The first-order chi connectivity index (χ1) is 20.7. The van der Waals surface area contributed by atoms with E-state index >= 15 is 4.79 Å². The van der Waals surface area contributed by atoms with Gasteiger partial charge in [-0.25, -0.2) is 4.90 Å². The summed E-state index contributed by atoms with van der Waals surface area (Å²) in [5.74, 6) is -6.18. The molecule has 2 heterocycles. The van der Waals surface area contributed by atoms with Crippen LogP contribution in [0.3, 0.4) is 0 Å². The highest BCUT2D eigenvalue weighted by molar-refractivity contribution is 6.32. The summed E-state index contributed by atoms with van der Waals surface area (Å²) in [6.07, 6.45) is 2.17. The third-order valence-corrected chi connectivity index (χ3v) is 9.92. The van der Waals surface area contributed by atoms with Crippen molar-refractivity contribution in [3.05, 3.63) is 101 Å². The Bertz CT molecular complexity index is 1740. The van der Waals surface area contributed by atoms with Gasteiger partial charge < -0.3 is 9.84 Å². The number of allylic oxidation sites excluding steroid dienone is 2. The number of phenols is 1. The molecule has 2 aliphatic heterocycles. The number of benzene rings is 3. The molecule has 1 saturated carbocycles. The van der Waals surface area contributed by atoms with Gasteiger partial charge in [0.15, 0.2) is 11.5 Å². The van der Waals surface area contributed by atoms with Crippen molar-refractivity contribution in [3.8, 4) is 11.5 Å². The lowest BCUT2D eigenvalue weighted by Crippen LogP contribution is -2.53. The molecule has 2 aliphatic carbocycles. The minimum atomic E-state index is -1.46. The van der Waals surface area contributed by atoms with Crippen LogP contribution in [0.1, 0.15) is 29.9 Å². The lowest BCUT2D eigenvalue weighted by atomic mass is 9.49. The molecule has 2 saturated heterocycles. The highest BCUT2D eigenvalue weighted by Crippen LogP contribution is 2.64. The molecule has 0 unspecified atom stereocenters. The number of methoxy groups -OCH3 is 1. The molecule has 2 N–H and O–H groups in total. The summed E-state index contributed by atoms with van der Waals surface area (Å²) in [6, 6.07) is 20.5. The van der Waals surface area contributed by atoms with Crippen molar-refractivity contribution in [1.82, 2.24) is 5.06 Å². The van der Waals surface area contributed by atoms with Crippen LogP contribution < -0.4 is 9.64 Å². The summed E-state index contributed by atoms with van der Waals surface area (Å²) in [7, 11) is 1.43. The van der Waals surface area contributed by atoms with E-state index in [4.69, 9.17) is 16.3 Å². The van der Waals surface area contributed by atoms with Crippen LogP contribution in [0.2, 0.25) is 5.02 Å². The number of imide groups is 2. The Kier molecular flexibility index (Phi) is 6.23. The van der Waals surface area contributed by atoms with Gasteiger partial charge in [0.05, 0.1) is 36.0 Å². The number of fused-ring (bicyclic) bond motifs is 4. The van der Waals surface area contributed by atoms with Crippen LogP contribution in [-0.2, 0) is 24.6 Å². The maximum Gasteiger partial charge on any atom is 0.257 e. The molecule has 43 heavy (non-hydrogen) atoms. The fourth-order valence-corrected chi connectivity index (χ4v) is 8.17. The summed E-state index contributed by atoms with van der Waals surface area (Å²) >= 11 is 6.30. The topological polar surface area (TPSA) is 124 Å². The number of phenolic OH excluding ortho intramolecular Hbond substituents is 1. The summed E-state index contributed by atoms with van der Waals surface area (Å²) in [4.78, 5) is 56.8. The Labute approximate surface area is 251 Å². The van der Waals surface area contributed by atoms with Gasteiger partial charge in [0.25, 0.3) is 11.8 Å². The van der Waals surface area contributed by atoms with Crippen molar-refractivity contribution in [2.45, 2.75) is 24.2 Å². The summed E-state index contributed by atoms with van der Waals surface area (Å²) in [6.45, 7) is 0. The number of hydrogen-bond acceptors (Lipinski definition) is 7. The summed E-state index contributed by atoms with van der Waals surface area (Å²) in [5.41, 5.74) is 0.751. The Morgan fingerprint density at radius 2 is 1.67 bits per heavy atom. The molecule has 3 aromatic carbocycles. The van der Waals surface area contributed by atoms with Gasteiger partial charge in [0.2, 0.25) is 11.8 Å². The smallest absolute Gasteiger partial charge is 0.257 e. The molecule has 6 atom stereocenters. The predicted octanol–water partition coefficient (Wildman–Crippen LogP) is 4.61. The molecule has 7 rings (SSSR count). The second-order valence-electron chi connectivity index (χ2n) is 11.5. The molecule has 3 fully saturated rings. The second kappa shape index (κ2) is 9.79. The number of ether oxygens (including phenoxy) is 1. The molecule has 3 aromatic rings. The molecule has 0 bridgehead atoms. The lowest BCUT2D eigenvalue weighted by molar-refractivity contribution is -0.173. The number of nitrogens with zero attached hydrogens (tertiary/aromatic N) is 2. The maximum atomic E-state index is 15.0. The predicted molar refractivity (Wildman–Crippen MR) is 154 cm³/mol. The van der Waals surface area contributed by atoms with Crippen LogP contribution in [0.5, 0.6) is 11.5 Å². The first kappa shape index (κ1) is 27.4. The van der Waals surface area contributed by atoms with Crippen LogP contribution in [0.15, 0.2) is 84.4 Å². The van der Waals surface area contributed by atoms with Crippen LogP contribution in [-0.4, -0.2) is 46.1 Å². The van der Waals surface area contributed by atoms with E-state index in [9.17, 15) is 24.7 Å². The average Bonchev–Trinajstić information content (AvgIpc) is 3.37. The van der Waals surface area contributed by atoms with E-state index in [1.54, 1.807) is 36.4 Å². The first-order valence-corrected chi connectivity index (χ1v) is 14.4. The van der Waals surface area contributed by atoms with Gasteiger partial charge in [-0.05, 0) is 60.2 Å². The summed E-state index contributed by atoms with van der Waals surface area (Å²) in [5, 5.41) is 21.8. The van der Waals surface area contributed by atoms with E-state index in [2.05, 4.69) is 0 Å². The maximum absolute atomic E-state index is 15.0.